The third kappa shape index (κ3) is 4.05. The van der Waals surface area contributed by atoms with Crippen LogP contribution < -0.4 is 5.32 Å². The largest absolute Gasteiger partial charge is 0.356 e. The molecule has 0 spiro atoms. The zero-order chi connectivity index (χ0) is 20.2. The van der Waals surface area contributed by atoms with E-state index < -0.39 is 0 Å². The molecule has 0 fully saturated rings. The zero-order valence-corrected chi connectivity index (χ0v) is 16.5. The van der Waals surface area contributed by atoms with Crippen molar-refractivity contribution >= 4 is 28.3 Å². The second kappa shape index (κ2) is 8.29. The number of nitrogens with one attached hydrogen (secondary N) is 1. The molecule has 0 aliphatic heterocycles. The molecule has 2 aromatic carbocycles. The van der Waals surface area contributed by atoms with Crippen molar-refractivity contribution in [3.05, 3.63) is 82.5 Å². The van der Waals surface area contributed by atoms with E-state index in [0.29, 0.717) is 39.0 Å². The van der Waals surface area contributed by atoms with Crippen LogP contribution in [-0.2, 0) is 6.42 Å². The van der Waals surface area contributed by atoms with Gasteiger partial charge in [-0.1, -0.05) is 54.0 Å². The number of nitriles is 1. The molecule has 1 N–H and O–H groups in total. The summed E-state index contributed by atoms with van der Waals surface area (Å²) in [5.41, 5.74) is 2.14. The molecule has 4 aromatic rings. The molecule has 4 rings (SSSR count). The van der Waals surface area contributed by atoms with E-state index in [9.17, 15) is 5.26 Å². The van der Waals surface area contributed by atoms with E-state index in [4.69, 9.17) is 16.1 Å². The molecular formula is C22H18ClN5O. The predicted molar refractivity (Wildman–Crippen MR) is 112 cm³/mol. The molecule has 2 heterocycles. The van der Waals surface area contributed by atoms with Crippen molar-refractivity contribution in [2.24, 2.45) is 0 Å². The lowest BCUT2D eigenvalue weighted by Crippen LogP contribution is -2.15. The van der Waals surface area contributed by atoms with E-state index in [1.165, 1.54) is 0 Å². The molecule has 2 aromatic heterocycles. The average molecular weight is 404 g/mol. The molecule has 0 radical (unpaired) electrons. The van der Waals surface area contributed by atoms with E-state index in [-0.39, 0.29) is 6.04 Å². The fraction of sp³-hybridized carbons (Fsp3) is 0.182. The van der Waals surface area contributed by atoms with Crippen LogP contribution in [-0.4, -0.2) is 15.1 Å². The Hall–Kier alpha value is -3.43. The lowest BCUT2D eigenvalue weighted by molar-refractivity contribution is 0.371. The third-order valence-corrected chi connectivity index (χ3v) is 4.76. The summed E-state index contributed by atoms with van der Waals surface area (Å²) >= 11 is 6.08. The summed E-state index contributed by atoms with van der Waals surface area (Å²) in [5.74, 6) is 1.67. The first-order valence-corrected chi connectivity index (χ1v) is 9.70. The number of hydrogen-bond acceptors (Lipinski definition) is 6. The fourth-order valence-electron chi connectivity index (χ4n) is 3.16. The van der Waals surface area contributed by atoms with E-state index in [1.807, 2.05) is 30.3 Å². The Balaban J connectivity index is 1.76. The molecule has 29 heavy (non-hydrogen) atoms. The number of benzene rings is 2. The van der Waals surface area contributed by atoms with Crippen LogP contribution in [0.2, 0.25) is 5.02 Å². The SMILES string of the molecule is CCCc1nc(C(Nc2cc(C#N)c3cc(Cl)ccc3n2)c2ccccc2)no1. The van der Waals surface area contributed by atoms with Crippen molar-refractivity contribution < 1.29 is 4.52 Å². The Morgan fingerprint density at radius 2 is 1.97 bits per heavy atom. The monoisotopic (exact) mass is 403 g/mol. The topological polar surface area (TPSA) is 87.6 Å². The van der Waals surface area contributed by atoms with Crippen LogP contribution >= 0.6 is 11.6 Å². The maximum absolute atomic E-state index is 9.59. The van der Waals surface area contributed by atoms with Gasteiger partial charge >= 0.3 is 0 Å². The maximum Gasteiger partial charge on any atom is 0.226 e. The summed E-state index contributed by atoms with van der Waals surface area (Å²) in [7, 11) is 0. The van der Waals surface area contributed by atoms with Crippen LogP contribution in [0.25, 0.3) is 10.9 Å². The van der Waals surface area contributed by atoms with E-state index >= 15 is 0 Å². The predicted octanol–water partition coefficient (Wildman–Crippen LogP) is 5.30. The van der Waals surface area contributed by atoms with E-state index in [0.717, 1.165) is 18.4 Å². The Morgan fingerprint density at radius 1 is 1.14 bits per heavy atom. The smallest absolute Gasteiger partial charge is 0.226 e. The minimum atomic E-state index is -0.366. The maximum atomic E-state index is 9.59. The number of hydrogen-bond donors (Lipinski definition) is 1. The molecule has 0 aliphatic carbocycles. The number of halogens is 1. The number of aryl methyl sites for hydroxylation is 1. The zero-order valence-electron chi connectivity index (χ0n) is 15.8. The van der Waals surface area contributed by atoms with Gasteiger partial charge in [0.1, 0.15) is 11.9 Å². The van der Waals surface area contributed by atoms with Crippen molar-refractivity contribution in [3.63, 3.8) is 0 Å². The average Bonchev–Trinajstić information content (AvgIpc) is 3.21. The number of pyridine rings is 1. The molecule has 1 atom stereocenters. The highest BCUT2D eigenvalue weighted by Gasteiger charge is 2.21. The van der Waals surface area contributed by atoms with Crippen molar-refractivity contribution in [3.8, 4) is 6.07 Å². The first-order chi connectivity index (χ1) is 14.2. The summed E-state index contributed by atoms with van der Waals surface area (Å²) in [6, 6.07) is 18.7. The Morgan fingerprint density at radius 3 is 2.72 bits per heavy atom. The quantitative estimate of drug-likeness (QED) is 0.470. The van der Waals surface area contributed by atoms with E-state index in [2.05, 4.69) is 33.4 Å². The summed E-state index contributed by atoms with van der Waals surface area (Å²) in [6.07, 6.45) is 1.65. The van der Waals surface area contributed by atoms with Gasteiger partial charge in [0.05, 0.1) is 17.1 Å². The Labute approximate surface area is 173 Å². The van der Waals surface area contributed by atoms with Gasteiger partial charge in [0.25, 0.3) is 0 Å². The van der Waals surface area contributed by atoms with Gasteiger partial charge in [-0.05, 0) is 36.2 Å². The Kier molecular flexibility index (Phi) is 5.41. The van der Waals surface area contributed by atoms with Gasteiger partial charge in [-0.2, -0.15) is 10.2 Å². The van der Waals surface area contributed by atoms with E-state index in [1.54, 1.807) is 24.3 Å². The minimum Gasteiger partial charge on any atom is -0.356 e. The van der Waals surface area contributed by atoms with Gasteiger partial charge in [-0.25, -0.2) is 4.98 Å². The lowest BCUT2D eigenvalue weighted by Gasteiger charge is -2.17. The molecular weight excluding hydrogens is 386 g/mol. The van der Waals surface area contributed by atoms with Crippen LogP contribution in [0.15, 0.2) is 59.1 Å². The second-order valence-electron chi connectivity index (χ2n) is 6.61. The molecule has 144 valence electrons. The molecule has 7 heteroatoms. The Bertz CT molecular complexity index is 1180. The standard InChI is InChI=1S/C22H18ClN5O/c1-2-6-20-27-22(28-29-20)21(14-7-4-3-5-8-14)26-19-11-15(13-24)17-12-16(23)9-10-18(17)25-19/h3-5,7-12,21H,2,6H2,1H3,(H,25,26). The van der Waals surface area contributed by atoms with Crippen molar-refractivity contribution in [2.45, 2.75) is 25.8 Å². The van der Waals surface area contributed by atoms with Gasteiger partial charge < -0.3 is 9.84 Å². The van der Waals surface area contributed by atoms with Crippen LogP contribution in [0.5, 0.6) is 0 Å². The summed E-state index contributed by atoms with van der Waals surface area (Å²) in [6.45, 7) is 2.06. The van der Waals surface area contributed by atoms with Gasteiger partial charge in [-0.3, -0.25) is 0 Å². The highest BCUT2D eigenvalue weighted by Crippen LogP contribution is 2.28. The first-order valence-electron chi connectivity index (χ1n) is 9.32. The molecule has 0 aliphatic rings. The summed E-state index contributed by atoms with van der Waals surface area (Å²) in [4.78, 5) is 9.19. The van der Waals surface area contributed by atoms with Crippen LogP contribution in [0.4, 0.5) is 5.82 Å². The van der Waals surface area contributed by atoms with Crippen LogP contribution in [0, 0.1) is 11.3 Å². The number of nitrogens with zero attached hydrogens (tertiary/aromatic N) is 4. The van der Waals surface area contributed by atoms with Crippen molar-refractivity contribution in [1.82, 2.24) is 15.1 Å². The molecule has 0 amide bonds. The highest BCUT2D eigenvalue weighted by atomic mass is 35.5. The fourth-order valence-corrected chi connectivity index (χ4v) is 3.33. The van der Waals surface area contributed by atoms with Crippen LogP contribution in [0.3, 0.4) is 0 Å². The number of fused-ring (bicyclic) bond motifs is 1. The van der Waals surface area contributed by atoms with Crippen molar-refractivity contribution in [1.29, 1.82) is 5.26 Å². The van der Waals surface area contributed by atoms with Crippen molar-refractivity contribution in [2.75, 3.05) is 5.32 Å². The second-order valence-corrected chi connectivity index (χ2v) is 7.05. The van der Waals surface area contributed by atoms with Crippen LogP contribution in [0.1, 0.15) is 42.2 Å². The molecule has 0 saturated heterocycles. The summed E-state index contributed by atoms with van der Waals surface area (Å²) in [5, 5.41) is 18.4. The number of rotatable bonds is 6. The first kappa shape index (κ1) is 18.9. The van der Waals surface area contributed by atoms with Gasteiger partial charge in [-0.15, -0.1) is 0 Å². The van der Waals surface area contributed by atoms with Gasteiger partial charge in [0.2, 0.25) is 5.89 Å². The highest BCUT2D eigenvalue weighted by molar-refractivity contribution is 6.31. The number of anilines is 1. The molecule has 1 unspecified atom stereocenters. The molecule has 0 saturated carbocycles. The van der Waals surface area contributed by atoms with Gasteiger partial charge in [0.15, 0.2) is 5.82 Å². The number of aromatic nitrogens is 3. The third-order valence-electron chi connectivity index (χ3n) is 4.52. The summed E-state index contributed by atoms with van der Waals surface area (Å²) < 4.78 is 5.38. The van der Waals surface area contributed by atoms with Gasteiger partial charge in [0, 0.05) is 16.8 Å². The minimum absolute atomic E-state index is 0.366. The molecule has 6 nitrogen and oxygen atoms in total. The molecule has 0 bridgehead atoms. The lowest BCUT2D eigenvalue weighted by atomic mass is 10.1. The normalized spacial score (nSPS) is 11.9.